The lowest BCUT2D eigenvalue weighted by atomic mass is 10.2. The van der Waals surface area contributed by atoms with E-state index in [1.54, 1.807) is 4.90 Å². The summed E-state index contributed by atoms with van der Waals surface area (Å²) in [6, 6.07) is -0.0522. The summed E-state index contributed by atoms with van der Waals surface area (Å²) in [5.41, 5.74) is 0.672. The maximum absolute atomic E-state index is 12.3. The van der Waals surface area contributed by atoms with E-state index in [0.717, 1.165) is 11.5 Å². The van der Waals surface area contributed by atoms with Crippen LogP contribution in [0.5, 0.6) is 0 Å². The van der Waals surface area contributed by atoms with Crippen LogP contribution in [0.25, 0.3) is 0 Å². The van der Waals surface area contributed by atoms with Crippen molar-refractivity contribution in [3.8, 4) is 0 Å². The van der Waals surface area contributed by atoms with Crippen molar-refractivity contribution in [3.63, 3.8) is 0 Å². The number of carboxylic acids is 1. The lowest BCUT2D eigenvalue weighted by Gasteiger charge is -2.25. The van der Waals surface area contributed by atoms with E-state index in [2.05, 4.69) is 9.59 Å². The normalized spacial score (nSPS) is 10.7. The van der Waals surface area contributed by atoms with Crippen LogP contribution in [0.2, 0.25) is 0 Å². The number of carboxylic acid groups (broad SMARTS) is 1. The highest BCUT2D eigenvalue weighted by atomic mass is 32.1. The minimum Gasteiger partial charge on any atom is -0.481 e. The molecule has 0 aromatic carbocycles. The van der Waals surface area contributed by atoms with Gasteiger partial charge in [0.05, 0.1) is 12.1 Å². The maximum Gasteiger partial charge on any atom is 0.305 e. The fourth-order valence-electron chi connectivity index (χ4n) is 1.54. The van der Waals surface area contributed by atoms with E-state index in [9.17, 15) is 9.59 Å². The Morgan fingerprint density at radius 1 is 1.44 bits per heavy atom. The molecule has 100 valence electrons. The molecule has 1 aromatic heterocycles. The Labute approximate surface area is 110 Å². The molecule has 0 saturated carbocycles. The van der Waals surface area contributed by atoms with Crippen LogP contribution in [0.1, 0.15) is 42.6 Å². The van der Waals surface area contributed by atoms with Crippen molar-refractivity contribution < 1.29 is 14.7 Å². The largest absolute Gasteiger partial charge is 0.481 e. The quantitative estimate of drug-likeness (QED) is 0.846. The molecule has 0 atom stereocenters. The van der Waals surface area contributed by atoms with Crippen molar-refractivity contribution in [1.29, 1.82) is 0 Å². The van der Waals surface area contributed by atoms with Crippen molar-refractivity contribution in [2.24, 2.45) is 0 Å². The smallest absolute Gasteiger partial charge is 0.305 e. The Balaban J connectivity index is 2.86. The second kappa shape index (κ2) is 6.44. The number of amides is 1. The molecule has 0 saturated heterocycles. The van der Waals surface area contributed by atoms with Gasteiger partial charge in [0.2, 0.25) is 0 Å². The number of rotatable bonds is 6. The lowest BCUT2D eigenvalue weighted by molar-refractivity contribution is -0.137. The highest BCUT2D eigenvalue weighted by Gasteiger charge is 2.24. The predicted octanol–water partition coefficient (Wildman–Crippen LogP) is 1.43. The number of aromatic nitrogens is 2. The van der Waals surface area contributed by atoms with Gasteiger partial charge in [0, 0.05) is 12.6 Å². The van der Waals surface area contributed by atoms with Gasteiger partial charge in [-0.25, -0.2) is 0 Å². The molecule has 7 heteroatoms. The molecule has 0 aliphatic rings. The maximum atomic E-state index is 12.3. The Morgan fingerprint density at radius 2 is 2.11 bits per heavy atom. The monoisotopic (exact) mass is 271 g/mol. The minimum atomic E-state index is -0.911. The number of aryl methyl sites for hydroxylation is 1. The molecule has 1 N–H and O–H groups in total. The predicted molar refractivity (Wildman–Crippen MR) is 67.7 cm³/mol. The zero-order chi connectivity index (χ0) is 13.7. The third kappa shape index (κ3) is 3.49. The number of aliphatic carboxylic acids is 1. The first-order valence-electron chi connectivity index (χ1n) is 5.81. The van der Waals surface area contributed by atoms with Gasteiger partial charge in [-0.1, -0.05) is 11.4 Å². The third-order valence-corrected chi connectivity index (χ3v) is 3.29. The second-order valence-corrected chi connectivity index (χ2v) is 4.89. The van der Waals surface area contributed by atoms with Crippen LogP contribution in [0.15, 0.2) is 0 Å². The van der Waals surface area contributed by atoms with Gasteiger partial charge in [0.15, 0.2) is 0 Å². The average molecular weight is 271 g/mol. The van der Waals surface area contributed by atoms with E-state index < -0.39 is 5.97 Å². The lowest BCUT2D eigenvalue weighted by Crippen LogP contribution is -2.38. The van der Waals surface area contributed by atoms with Crippen molar-refractivity contribution in [2.45, 2.75) is 39.7 Å². The molecule has 6 nitrogen and oxygen atoms in total. The van der Waals surface area contributed by atoms with Gasteiger partial charge < -0.3 is 10.0 Å². The molecular formula is C11H17N3O3S. The standard InChI is InChI=1S/C11H17N3O3S/c1-4-8-10(18-13-12-8)11(17)14(7(2)3)6-5-9(15)16/h7H,4-6H2,1-3H3,(H,15,16). The van der Waals surface area contributed by atoms with Crippen LogP contribution >= 0.6 is 11.5 Å². The van der Waals surface area contributed by atoms with Crippen LogP contribution in [0.4, 0.5) is 0 Å². The molecule has 1 heterocycles. The van der Waals surface area contributed by atoms with Crippen molar-refractivity contribution in [3.05, 3.63) is 10.6 Å². The van der Waals surface area contributed by atoms with Gasteiger partial charge in [-0.3, -0.25) is 9.59 Å². The molecule has 1 aromatic rings. The summed E-state index contributed by atoms with van der Waals surface area (Å²) in [5, 5.41) is 12.6. The summed E-state index contributed by atoms with van der Waals surface area (Å²) < 4.78 is 3.78. The molecule has 0 aliphatic heterocycles. The van der Waals surface area contributed by atoms with Gasteiger partial charge in [-0.2, -0.15) is 0 Å². The van der Waals surface area contributed by atoms with Gasteiger partial charge in [-0.15, -0.1) is 5.10 Å². The van der Waals surface area contributed by atoms with Crippen LogP contribution < -0.4 is 0 Å². The highest BCUT2D eigenvalue weighted by molar-refractivity contribution is 7.08. The first-order valence-corrected chi connectivity index (χ1v) is 6.58. The highest BCUT2D eigenvalue weighted by Crippen LogP contribution is 2.16. The third-order valence-electron chi connectivity index (χ3n) is 2.54. The minimum absolute atomic E-state index is 0.0522. The van der Waals surface area contributed by atoms with E-state index >= 15 is 0 Å². The van der Waals surface area contributed by atoms with E-state index in [1.165, 1.54) is 0 Å². The number of hydrogen-bond acceptors (Lipinski definition) is 5. The Hall–Kier alpha value is -1.50. The van der Waals surface area contributed by atoms with E-state index in [4.69, 9.17) is 5.11 Å². The van der Waals surface area contributed by atoms with Crippen molar-refractivity contribution in [1.82, 2.24) is 14.5 Å². The van der Waals surface area contributed by atoms with Crippen LogP contribution in [0, 0.1) is 0 Å². The van der Waals surface area contributed by atoms with E-state index in [1.807, 2.05) is 20.8 Å². The molecule has 1 amide bonds. The topological polar surface area (TPSA) is 83.4 Å². The second-order valence-electron chi connectivity index (χ2n) is 4.14. The zero-order valence-corrected chi connectivity index (χ0v) is 11.5. The summed E-state index contributed by atoms with van der Waals surface area (Å²) in [6.45, 7) is 5.83. The fraction of sp³-hybridized carbons (Fsp3) is 0.636. The van der Waals surface area contributed by atoms with Gasteiger partial charge in [-0.05, 0) is 31.8 Å². The Morgan fingerprint density at radius 3 is 2.61 bits per heavy atom. The zero-order valence-electron chi connectivity index (χ0n) is 10.7. The van der Waals surface area contributed by atoms with Crippen LogP contribution in [0.3, 0.4) is 0 Å². The summed E-state index contributed by atoms with van der Waals surface area (Å²) in [7, 11) is 0. The van der Waals surface area contributed by atoms with Crippen LogP contribution in [-0.4, -0.2) is 44.1 Å². The Kier molecular flexibility index (Phi) is 5.21. The fourth-order valence-corrected chi connectivity index (χ4v) is 2.25. The molecule has 0 spiro atoms. The number of carbonyl (C=O) groups excluding carboxylic acids is 1. The molecule has 0 fully saturated rings. The van der Waals surface area contributed by atoms with Crippen molar-refractivity contribution in [2.75, 3.05) is 6.54 Å². The molecular weight excluding hydrogens is 254 g/mol. The summed E-state index contributed by atoms with van der Waals surface area (Å²) >= 11 is 1.06. The molecule has 0 radical (unpaired) electrons. The first-order chi connectivity index (χ1) is 8.47. The summed E-state index contributed by atoms with van der Waals surface area (Å²) in [4.78, 5) is 25.0. The molecule has 0 aliphatic carbocycles. The summed E-state index contributed by atoms with van der Waals surface area (Å²) in [6.07, 6.45) is 0.583. The van der Waals surface area contributed by atoms with Gasteiger partial charge in [0.25, 0.3) is 5.91 Å². The van der Waals surface area contributed by atoms with Gasteiger partial charge >= 0.3 is 5.97 Å². The molecule has 0 bridgehead atoms. The van der Waals surface area contributed by atoms with E-state index in [0.29, 0.717) is 17.0 Å². The number of carbonyl (C=O) groups is 2. The Bertz CT molecular complexity index is 431. The molecule has 1 rings (SSSR count). The van der Waals surface area contributed by atoms with Crippen molar-refractivity contribution >= 4 is 23.4 Å². The average Bonchev–Trinajstić information content (AvgIpc) is 2.75. The van der Waals surface area contributed by atoms with Crippen LogP contribution in [-0.2, 0) is 11.2 Å². The molecule has 18 heavy (non-hydrogen) atoms. The number of nitrogens with zero attached hydrogens (tertiary/aromatic N) is 3. The molecule has 0 unspecified atom stereocenters. The first kappa shape index (κ1) is 14.6. The SMILES string of the molecule is CCc1nnsc1C(=O)N(CCC(=O)O)C(C)C. The van der Waals surface area contributed by atoms with Gasteiger partial charge in [0.1, 0.15) is 4.88 Å². The number of hydrogen-bond donors (Lipinski definition) is 1. The van der Waals surface area contributed by atoms with E-state index in [-0.39, 0.29) is 24.9 Å². The summed E-state index contributed by atoms with van der Waals surface area (Å²) in [5.74, 6) is -1.09.